The Labute approximate surface area is 271 Å². The van der Waals surface area contributed by atoms with Gasteiger partial charge in [-0.05, 0) is 0 Å². The first-order chi connectivity index (χ1) is 19.9. The number of hydrogen-bond acceptors (Lipinski definition) is 6. The molecule has 0 N–H and O–H groups in total. The van der Waals surface area contributed by atoms with Crippen molar-refractivity contribution in [1.29, 1.82) is 0 Å². The third-order valence-electron chi connectivity index (χ3n) is 8.32. The fraction of sp³-hybridized carbons (Fsp3) is 0.941. The Morgan fingerprint density at radius 2 is 0.780 bits per heavy atom. The molecule has 0 rings (SSSR count). The molecule has 0 saturated carbocycles. The van der Waals surface area contributed by atoms with E-state index in [9.17, 15) is 9.59 Å². The zero-order valence-electron chi connectivity index (χ0n) is 27.6. The van der Waals surface area contributed by atoms with Gasteiger partial charge in [-0.25, -0.2) is 0 Å². The predicted octanol–water partition coefficient (Wildman–Crippen LogP) is 11.3. The van der Waals surface area contributed by atoms with Crippen molar-refractivity contribution < 1.29 is 15.7 Å². The molecular formula is C34H68O4S2Sn. The van der Waals surface area contributed by atoms with Crippen LogP contribution in [-0.2, 0) is 15.7 Å². The van der Waals surface area contributed by atoms with Crippen molar-refractivity contribution in [2.24, 2.45) is 11.8 Å². The molecule has 0 saturated heterocycles. The Kier molecular flexibility index (Phi) is 29.5. The maximum absolute atomic E-state index is 13.2. The van der Waals surface area contributed by atoms with E-state index >= 15 is 0 Å². The number of thiol groups is 2. The van der Waals surface area contributed by atoms with Gasteiger partial charge in [0.25, 0.3) is 0 Å². The van der Waals surface area contributed by atoms with Crippen molar-refractivity contribution in [3.63, 3.8) is 0 Å². The SMILES string of the molecule is CCCCCCCCCCC[CH2][Sn]([CH2]CCCCCCCCCCC)([O]C(=O)C(C)CCS)[O]C(=O)C(C)CCS. The second kappa shape index (κ2) is 29.2. The molecule has 0 aliphatic carbocycles. The van der Waals surface area contributed by atoms with Gasteiger partial charge in [0.1, 0.15) is 0 Å². The first-order valence-electron chi connectivity index (χ1n) is 17.5. The van der Waals surface area contributed by atoms with Gasteiger partial charge >= 0.3 is 273 Å². The van der Waals surface area contributed by atoms with E-state index in [1.54, 1.807) is 0 Å². The van der Waals surface area contributed by atoms with Crippen LogP contribution in [0.15, 0.2) is 0 Å². The fourth-order valence-corrected chi connectivity index (χ4v) is 15.8. The molecule has 0 aromatic heterocycles. The normalized spacial score (nSPS) is 13.2. The van der Waals surface area contributed by atoms with E-state index in [1.165, 1.54) is 103 Å². The van der Waals surface area contributed by atoms with E-state index < -0.39 is 19.2 Å². The minimum absolute atomic E-state index is 0.177. The minimum atomic E-state index is -3.99. The van der Waals surface area contributed by atoms with Gasteiger partial charge in [0.15, 0.2) is 0 Å². The Hall–Kier alpha value is 0.439. The molecule has 0 bridgehead atoms. The van der Waals surface area contributed by atoms with Crippen LogP contribution in [0.5, 0.6) is 0 Å². The van der Waals surface area contributed by atoms with Gasteiger partial charge < -0.3 is 0 Å². The van der Waals surface area contributed by atoms with Crippen molar-refractivity contribution >= 4 is 56.4 Å². The number of unbranched alkanes of at least 4 members (excludes halogenated alkanes) is 18. The summed E-state index contributed by atoms with van der Waals surface area (Å²) in [7, 11) is 0. The van der Waals surface area contributed by atoms with Gasteiger partial charge in [-0.2, -0.15) is 0 Å². The summed E-state index contributed by atoms with van der Waals surface area (Å²) < 4.78 is 14.4. The van der Waals surface area contributed by atoms with Crippen LogP contribution < -0.4 is 0 Å². The molecule has 0 amide bonds. The summed E-state index contributed by atoms with van der Waals surface area (Å²) in [5.74, 6) is 0.519. The fourth-order valence-electron chi connectivity index (χ4n) is 5.30. The van der Waals surface area contributed by atoms with Crippen molar-refractivity contribution in [3.05, 3.63) is 0 Å². The maximum atomic E-state index is 13.2. The van der Waals surface area contributed by atoms with Gasteiger partial charge in [0.2, 0.25) is 0 Å². The molecule has 2 unspecified atom stereocenters. The van der Waals surface area contributed by atoms with E-state index in [0.29, 0.717) is 24.3 Å². The van der Waals surface area contributed by atoms with Gasteiger partial charge in [-0.1, -0.05) is 0 Å². The average Bonchev–Trinajstić information content (AvgIpc) is 2.95. The van der Waals surface area contributed by atoms with Crippen LogP contribution in [0.3, 0.4) is 0 Å². The first kappa shape index (κ1) is 41.4. The van der Waals surface area contributed by atoms with Gasteiger partial charge in [-0.3, -0.25) is 0 Å². The third-order valence-corrected chi connectivity index (χ3v) is 18.5. The summed E-state index contributed by atoms with van der Waals surface area (Å²) in [4.78, 5) is 26.4. The number of hydrogen-bond donors (Lipinski definition) is 2. The quantitative estimate of drug-likeness (QED) is 0.0440. The van der Waals surface area contributed by atoms with Crippen LogP contribution >= 0.6 is 25.3 Å². The second-order valence-electron chi connectivity index (χ2n) is 12.4. The molecule has 0 aromatic carbocycles. The second-order valence-corrected chi connectivity index (χ2v) is 22.6. The van der Waals surface area contributed by atoms with Crippen molar-refractivity contribution in [1.82, 2.24) is 0 Å². The molecule has 0 heterocycles. The first-order valence-corrected chi connectivity index (χ1v) is 25.2. The Morgan fingerprint density at radius 1 is 0.512 bits per heavy atom. The molecule has 0 aliphatic heterocycles. The van der Waals surface area contributed by atoms with Crippen molar-refractivity contribution in [2.75, 3.05) is 11.5 Å². The number of carbonyl (C=O) groups excluding carboxylic acids is 2. The van der Waals surface area contributed by atoms with Crippen LogP contribution in [0.2, 0.25) is 8.87 Å². The molecule has 0 fully saturated rings. The van der Waals surface area contributed by atoms with E-state index in [-0.39, 0.29) is 23.8 Å². The zero-order valence-corrected chi connectivity index (χ0v) is 32.2. The number of carbonyl (C=O) groups is 2. The average molecular weight is 724 g/mol. The molecule has 41 heavy (non-hydrogen) atoms. The van der Waals surface area contributed by atoms with E-state index in [1.807, 2.05) is 13.8 Å². The van der Waals surface area contributed by atoms with Crippen LogP contribution in [0.25, 0.3) is 0 Å². The van der Waals surface area contributed by atoms with Gasteiger partial charge in [0.05, 0.1) is 0 Å². The third kappa shape index (κ3) is 23.5. The Bertz CT molecular complexity index is 568. The molecule has 0 aromatic rings. The van der Waals surface area contributed by atoms with E-state index in [0.717, 1.165) is 34.6 Å². The van der Waals surface area contributed by atoms with Gasteiger partial charge in [0, 0.05) is 0 Å². The van der Waals surface area contributed by atoms with Gasteiger partial charge in [-0.15, -0.1) is 0 Å². The molecule has 4 nitrogen and oxygen atoms in total. The summed E-state index contributed by atoms with van der Waals surface area (Å²) in [5.41, 5.74) is 0. The molecule has 7 heteroatoms. The molecule has 2 atom stereocenters. The Balaban J connectivity index is 5.13. The summed E-state index contributed by atoms with van der Waals surface area (Å²) >= 11 is 4.67. The zero-order chi connectivity index (χ0) is 30.6. The predicted molar refractivity (Wildman–Crippen MR) is 187 cm³/mol. The van der Waals surface area contributed by atoms with Crippen LogP contribution in [0, 0.1) is 11.8 Å². The summed E-state index contributed by atoms with van der Waals surface area (Å²) in [5, 5.41) is 0. The standard InChI is InChI=1S/2C12H25.2C5H10O2S.Sn/c2*1-3-5-7-9-11-12-10-8-6-4-2;2*1-4(2-3-8)5(6)7;/h2*1,3-12H2,2H3;2*4,8H,2-3H2,1H3,(H,6,7);/q;;;;+2/p-2. The molecule has 0 aliphatic rings. The van der Waals surface area contributed by atoms with Crippen molar-refractivity contribution in [3.8, 4) is 0 Å². The molecule has 244 valence electrons. The summed E-state index contributed by atoms with van der Waals surface area (Å²) in [6, 6.07) is 0. The molecule has 0 spiro atoms. The van der Waals surface area contributed by atoms with Crippen molar-refractivity contribution in [2.45, 2.75) is 178 Å². The van der Waals surface area contributed by atoms with Crippen LogP contribution in [0.4, 0.5) is 0 Å². The van der Waals surface area contributed by atoms with Crippen LogP contribution in [0.1, 0.15) is 169 Å². The monoisotopic (exact) mass is 724 g/mol. The Morgan fingerprint density at radius 3 is 1.05 bits per heavy atom. The number of rotatable bonds is 30. The van der Waals surface area contributed by atoms with E-state index in [4.69, 9.17) is 6.15 Å². The van der Waals surface area contributed by atoms with Crippen LogP contribution in [-0.4, -0.2) is 42.6 Å². The van der Waals surface area contributed by atoms with E-state index in [2.05, 4.69) is 39.1 Å². The molecule has 0 radical (unpaired) electrons. The topological polar surface area (TPSA) is 52.6 Å². The summed E-state index contributed by atoms with van der Waals surface area (Å²) in [6.07, 6.45) is 26.6. The molecular weight excluding hydrogens is 655 g/mol. The summed E-state index contributed by atoms with van der Waals surface area (Å²) in [6.45, 7) is 8.36.